The molecule has 1 aromatic heterocycles. The van der Waals surface area contributed by atoms with E-state index in [0.717, 1.165) is 0 Å². The van der Waals surface area contributed by atoms with E-state index in [4.69, 9.17) is 0 Å². The topological polar surface area (TPSA) is 76.0 Å². The van der Waals surface area contributed by atoms with Gasteiger partial charge in [-0.3, -0.25) is 14.9 Å². The van der Waals surface area contributed by atoms with E-state index in [9.17, 15) is 14.9 Å². The van der Waals surface area contributed by atoms with Gasteiger partial charge in [0, 0.05) is 29.6 Å². The number of ketones is 1. The molecule has 0 fully saturated rings. The first-order chi connectivity index (χ1) is 7.65. The average Bonchev–Trinajstić information content (AvgIpc) is 2.71. The third-order valence-electron chi connectivity index (χ3n) is 2.51. The van der Waals surface area contributed by atoms with Gasteiger partial charge in [0.05, 0.1) is 4.92 Å². The van der Waals surface area contributed by atoms with E-state index >= 15 is 0 Å². The van der Waals surface area contributed by atoms with Crippen LogP contribution in [0.4, 0.5) is 5.69 Å². The summed E-state index contributed by atoms with van der Waals surface area (Å²) in [5, 5.41) is 11.4. The molecule has 5 heteroatoms. The fourth-order valence-electron chi connectivity index (χ4n) is 1.71. The summed E-state index contributed by atoms with van der Waals surface area (Å²) in [5.41, 5.74) is 0.915. The van der Waals surface area contributed by atoms with Gasteiger partial charge in [0.1, 0.15) is 5.52 Å². The smallest absolute Gasteiger partial charge is 0.293 e. The zero-order valence-corrected chi connectivity index (χ0v) is 8.69. The van der Waals surface area contributed by atoms with Gasteiger partial charge in [0.15, 0.2) is 5.78 Å². The van der Waals surface area contributed by atoms with E-state index in [2.05, 4.69) is 4.98 Å². The molecule has 1 heterocycles. The third-order valence-corrected chi connectivity index (χ3v) is 2.51. The Kier molecular flexibility index (Phi) is 2.44. The maximum absolute atomic E-state index is 11.6. The van der Waals surface area contributed by atoms with E-state index in [1.54, 1.807) is 19.1 Å². The van der Waals surface area contributed by atoms with Gasteiger partial charge in [0.25, 0.3) is 5.69 Å². The first kappa shape index (κ1) is 10.4. The Morgan fingerprint density at radius 3 is 2.88 bits per heavy atom. The molecule has 0 aliphatic carbocycles. The number of H-pyrrole nitrogens is 1. The summed E-state index contributed by atoms with van der Waals surface area (Å²) in [7, 11) is 0. The molecule has 0 saturated heterocycles. The number of para-hydroxylation sites is 1. The SMILES string of the molecule is CCC(=O)c1c[nH]c2c([N+](=O)[O-])cccc12. The monoisotopic (exact) mass is 218 g/mol. The summed E-state index contributed by atoms with van der Waals surface area (Å²) in [6.07, 6.45) is 1.92. The molecule has 0 saturated carbocycles. The highest BCUT2D eigenvalue weighted by molar-refractivity contribution is 6.09. The van der Waals surface area contributed by atoms with Crippen LogP contribution in [-0.4, -0.2) is 15.7 Å². The predicted octanol–water partition coefficient (Wildman–Crippen LogP) is 2.67. The van der Waals surface area contributed by atoms with Crippen LogP contribution in [0.5, 0.6) is 0 Å². The number of carbonyl (C=O) groups is 1. The Morgan fingerprint density at radius 2 is 2.25 bits per heavy atom. The van der Waals surface area contributed by atoms with Gasteiger partial charge in [-0.25, -0.2) is 0 Å². The molecule has 0 bridgehead atoms. The van der Waals surface area contributed by atoms with E-state index < -0.39 is 4.92 Å². The molecule has 16 heavy (non-hydrogen) atoms. The van der Waals surface area contributed by atoms with Crippen LogP contribution in [0.15, 0.2) is 24.4 Å². The molecule has 0 aliphatic rings. The van der Waals surface area contributed by atoms with Gasteiger partial charge in [-0.15, -0.1) is 0 Å². The summed E-state index contributed by atoms with van der Waals surface area (Å²) >= 11 is 0. The molecule has 1 aromatic carbocycles. The van der Waals surface area contributed by atoms with Crippen LogP contribution in [0.2, 0.25) is 0 Å². The second kappa shape index (κ2) is 3.77. The lowest BCUT2D eigenvalue weighted by atomic mass is 10.1. The number of hydrogen-bond donors (Lipinski definition) is 1. The first-order valence-corrected chi connectivity index (χ1v) is 4.92. The van der Waals surface area contributed by atoms with Crippen LogP contribution in [0.25, 0.3) is 10.9 Å². The van der Waals surface area contributed by atoms with Crippen molar-refractivity contribution in [3.8, 4) is 0 Å². The largest absolute Gasteiger partial charge is 0.355 e. The van der Waals surface area contributed by atoms with Gasteiger partial charge in [0.2, 0.25) is 0 Å². The quantitative estimate of drug-likeness (QED) is 0.488. The van der Waals surface area contributed by atoms with Crippen LogP contribution in [-0.2, 0) is 0 Å². The lowest BCUT2D eigenvalue weighted by molar-refractivity contribution is -0.383. The lowest BCUT2D eigenvalue weighted by Gasteiger charge is -1.95. The number of Topliss-reactive ketones (excluding diaryl/α,β-unsaturated/α-hetero) is 1. The van der Waals surface area contributed by atoms with Gasteiger partial charge in [-0.05, 0) is 0 Å². The standard InChI is InChI=1S/C11H10N2O3/c1-2-10(14)8-6-12-11-7(8)4-3-5-9(11)13(15)16/h3-6,12H,2H2,1H3. The number of aromatic amines is 1. The Balaban J connectivity index is 2.71. The summed E-state index contributed by atoms with van der Waals surface area (Å²) < 4.78 is 0. The fourth-order valence-corrected chi connectivity index (χ4v) is 1.71. The molecular formula is C11H10N2O3. The highest BCUT2D eigenvalue weighted by Gasteiger charge is 2.17. The molecule has 0 aliphatic heterocycles. The van der Waals surface area contributed by atoms with Gasteiger partial charge < -0.3 is 4.98 Å². The highest BCUT2D eigenvalue weighted by Crippen LogP contribution is 2.27. The normalized spacial score (nSPS) is 10.6. The summed E-state index contributed by atoms with van der Waals surface area (Å²) in [6.45, 7) is 1.76. The predicted molar refractivity (Wildman–Crippen MR) is 59.6 cm³/mol. The maximum Gasteiger partial charge on any atom is 0.293 e. The number of nitrogens with one attached hydrogen (secondary N) is 1. The molecule has 0 spiro atoms. The van der Waals surface area contributed by atoms with E-state index in [1.165, 1.54) is 12.3 Å². The molecule has 1 N–H and O–H groups in total. The molecule has 0 radical (unpaired) electrons. The Hall–Kier alpha value is -2.17. The molecule has 5 nitrogen and oxygen atoms in total. The van der Waals surface area contributed by atoms with Crippen molar-refractivity contribution in [2.24, 2.45) is 0 Å². The van der Waals surface area contributed by atoms with E-state index in [0.29, 0.717) is 22.9 Å². The summed E-state index contributed by atoms with van der Waals surface area (Å²) in [4.78, 5) is 24.7. The number of aromatic nitrogens is 1. The van der Waals surface area contributed by atoms with Crippen molar-refractivity contribution in [2.45, 2.75) is 13.3 Å². The van der Waals surface area contributed by atoms with Crippen LogP contribution < -0.4 is 0 Å². The van der Waals surface area contributed by atoms with Crippen molar-refractivity contribution in [1.82, 2.24) is 4.98 Å². The van der Waals surface area contributed by atoms with Crippen LogP contribution in [0.3, 0.4) is 0 Å². The lowest BCUT2D eigenvalue weighted by Crippen LogP contribution is -1.94. The minimum absolute atomic E-state index is 0.00680. The molecule has 2 aromatic rings. The second-order valence-electron chi connectivity index (χ2n) is 3.44. The van der Waals surface area contributed by atoms with Gasteiger partial charge in [-0.1, -0.05) is 19.1 Å². The number of nitro benzene ring substituents is 1. The Bertz CT molecular complexity index is 572. The molecule has 2 rings (SSSR count). The Labute approximate surface area is 91.2 Å². The molecule has 82 valence electrons. The van der Waals surface area contributed by atoms with Crippen LogP contribution in [0, 0.1) is 10.1 Å². The first-order valence-electron chi connectivity index (χ1n) is 4.92. The fraction of sp³-hybridized carbons (Fsp3) is 0.182. The zero-order valence-electron chi connectivity index (χ0n) is 8.69. The van der Waals surface area contributed by atoms with Crippen molar-refractivity contribution in [2.75, 3.05) is 0 Å². The number of fused-ring (bicyclic) bond motifs is 1. The average molecular weight is 218 g/mol. The number of nitro groups is 1. The number of hydrogen-bond acceptors (Lipinski definition) is 3. The minimum Gasteiger partial charge on any atom is -0.355 e. The minimum atomic E-state index is -0.459. The van der Waals surface area contributed by atoms with Crippen molar-refractivity contribution < 1.29 is 9.72 Å². The molecule has 0 amide bonds. The maximum atomic E-state index is 11.6. The highest BCUT2D eigenvalue weighted by atomic mass is 16.6. The van der Waals surface area contributed by atoms with Crippen molar-refractivity contribution in [3.05, 3.63) is 40.1 Å². The van der Waals surface area contributed by atoms with Crippen molar-refractivity contribution in [1.29, 1.82) is 0 Å². The number of nitrogens with zero attached hydrogens (tertiary/aromatic N) is 1. The Morgan fingerprint density at radius 1 is 1.50 bits per heavy atom. The second-order valence-corrected chi connectivity index (χ2v) is 3.44. The summed E-state index contributed by atoms with van der Waals surface area (Å²) in [5.74, 6) is -0.0215. The molecular weight excluding hydrogens is 208 g/mol. The number of carbonyl (C=O) groups excluding carboxylic acids is 1. The van der Waals surface area contributed by atoms with Gasteiger partial charge >= 0.3 is 0 Å². The van der Waals surface area contributed by atoms with Crippen LogP contribution in [0.1, 0.15) is 23.7 Å². The summed E-state index contributed by atoms with van der Waals surface area (Å²) in [6, 6.07) is 4.71. The van der Waals surface area contributed by atoms with Crippen LogP contribution >= 0.6 is 0 Å². The van der Waals surface area contributed by atoms with Crippen molar-refractivity contribution in [3.63, 3.8) is 0 Å². The third kappa shape index (κ3) is 1.46. The molecule has 0 atom stereocenters. The van der Waals surface area contributed by atoms with E-state index in [-0.39, 0.29) is 11.5 Å². The van der Waals surface area contributed by atoms with Gasteiger partial charge in [-0.2, -0.15) is 0 Å². The number of rotatable bonds is 3. The number of benzene rings is 1. The zero-order chi connectivity index (χ0) is 11.7. The number of non-ortho nitro benzene ring substituents is 1. The molecule has 0 unspecified atom stereocenters. The van der Waals surface area contributed by atoms with Crippen molar-refractivity contribution >= 4 is 22.4 Å². The van der Waals surface area contributed by atoms with E-state index in [1.807, 2.05) is 0 Å².